The number of amides is 1. The molecule has 0 bridgehead atoms. The Morgan fingerprint density at radius 2 is 1.63 bits per heavy atom. The third-order valence-electron chi connectivity index (χ3n) is 3.36. The SMILES string of the molecule is CC(C)C(C(=O)N(C)c1ccccc1)N(C)[C@@H](C)I. The molecule has 0 N–H and O–H groups in total. The Hall–Kier alpha value is -0.620. The van der Waals surface area contributed by atoms with E-state index in [1.54, 1.807) is 4.90 Å². The number of alkyl halides is 1. The predicted molar refractivity (Wildman–Crippen MR) is 89.7 cm³/mol. The molecule has 3 nitrogen and oxygen atoms in total. The van der Waals surface area contributed by atoms with Crippen LogP contribution in [0.3, 0.4) is 0 Å². The summed E-state index contributed by atoms with van der Waals surface area (Å²) in [6.07, 6.45) is 0. The molecule has 4 heteroatoms. The summed E-state index contributed by atoms with van der Waals surface area (Å²) in [7, 11) is 3.86. The van der Waals surface area contributed by atoms with E-state index in [0.717, 1.165) is 5.69 Å². The van der Waals surface area contributed by atoms with Gasteiger partial charge in [0.2, 0.25) is 5.91 Å². The van der Waals surface area contributed by atoms with Gasteiger partial charge in [-0.1, -0.05) is 54.6 Å². The van der Waals surface area contributed by atoms with Gasteiger partial charge in [0, 0.05) is 12.7 Å². The molecule has 0 saturated heterocycles. The van der Waals surface area contributed by atoms with Crippen LogP contribution in [0.4, 0.5) is 5.69 Å². The van der Waals surface area contributed by atoms with E-state index in [1.165, 1.54) is 0 Å². The highest BCUT2D eigenvalue weighted by Crippen LogP contribution is 2.20. The largest absolute Gasteiger partial charge is 0.314 e. The number of anilines is 1. The van der Waals surface area contributed by atoms with Gasteiger partial charge in [0.05, 0.1) is 10.1 Å². The molecule has 0 aliphatic rings. The average molecular weight is 374 g/mol. The molecule has 0 aromatic heterocycles. The summed E-state index contributed by atoms with van der Waals surface area (Å²) in [5, 5.41) is 0. The quantitative estimate of drug-likeness (QED) is 0.448. The van der Waals surface area contributed by atoms with Gasteiger partial charge >= 0.3 is 0 Å². The normalized spacial score (nSPS) is 14.5. The number of likely N-dealkylation sites (N-methyl/N-ethyl adjacent to an activating group) is 2. The maximum Gasteiger partial charge on any atom is 0.244 e. The third kappa shape index (κ3) is 4.18. The Morgan fingerprint density at radius 1 is 1.11 bits per heavy atom. The molecule has 1 unspecified atom stereocenters. The molecule has 1 aromatic rings. The smallest absolute Gasteiger partial charge is 0.244 e. The van der Waals surface area contributed by atoms with E-state index < -0.39 is 0 Å². The summed E-state index contributed by atoms with van der Waals surface area (Å²) in [4.78, 5) is 16.6. The lowest BCUT2D eigenvalue weighted by Gasteiger charge is -2.35. The second-order valence-corrected chi connectivity index (χ2v) is 6.96. The van der Waals surface area contributed by atoms with Crippen LogP contribution in [0.25, 0.3) is 0 Å². The van der Waals surface area contributed by atoms with Crippen molar-refractivity contribution in [3.05, 3.63) is 30.3 Å². The summed E-state index contributed by atoms with van der Waals surface area (Å²) in [5.74, 6) is 0.424. The zero-order valence-corrected chi connectivity index (χ0v) is 14.5. The van der Waals surface area contributed by atoms with Gasteiger partial charge in [-0.05, 0) is 32.0 Å². The summed E-state index contributed by atoms with van der Waals surface area (Å²) in [6.45, 7) is 6.29. The highest BCUT2D eigenvalue weighted by Gasteiger charge is 2.31. The van der Waals surface area contributed by atoms with Crippen LogP contribution in [0.5, 0.6) is 0 Å². The first kappa shape index (κ1) is 16.4. The van der Waals surface area contributed by atoms with Crippen molar-refractivity contribution in [2.45, 2.75) is 30.9 Å². The van der Waals surface area contributed by atoms with Gasteiger partial charge in [0.15, 0.2) is 0 Å². The van der Waals surface area contributed by atoms with Crippen molar-refractivity contribution in [3.8, 4) is 0 Å². The molecule has 0 heterocycles. The van der Waals surface area contributed by atoms with Crippen molar-refractivity contribution in [2.75, 3.05) is 19.0 Å². The highest BCUT2D eigenvalue weighted by atomic mass is 127. The topological polar surface area (TPSA) is 23.6 Å². The average Bonchev–Trinajstić information content (AvgIpc) is 2.38. The lowest BCUT2D eigenvalue weighted by molar-refractivity contribution is -0.124. The number of para-hydroxylation sites is 1. The molecule has 0 aliphatic carbocycles. The lowest BCUT2D eigenvalue weighted by Crippen LogP contribution is -2.50. The van der Waals surface area contributed by atoms with E-state index in [2.05, 4.69) is 48.3 Å². The Bertz CT molecular complexity index is 406. The number of halogens is 1. The molecule has 1 aromatic carbocycles. The zero-order chi connectivity index (χ0) is 14.6. The molecule has 106 valence electrons. The van der Waals surface area contributed by atoms with Crippen LogP contribution in [0.1, 0.15) is 20.8 Å². The molecule has 0 fully saturated rings. The molecule has 1 rings (SSSR count). The monoisotopic (exact) mass is 374 g/mol. The minimum Gasteiger partial charge on any atom is -0.314 e. The number of rotatable bonds is 5. The van der Waals surface area contributed by atoms with E-state index in [-0.39, 0.29) is 17.9 Å². The van der Waals surface area contributed by atoms with Gasteiger partial charge in [-0.15, -0.1) is 0 Å². The summed E-state index contributed by atoms with van der Waals surface area (Å²) in [5.41, 5.74) is 0.938. The van der Waals surface area contributed by atoms with Gasteiger partial charge in [0.1, 0.15) is 0 Å². The van der Waals surface area contributed by atoms with Crippen LogP contribution in [0.15, 0.2) is 30.3 Å². The van der Waals surface area contributed by atoms with Crippen molar-refractivity contribution >= 4 is 34.2 Å². The molecule has 19 heavy (non-hydrogen) atoms. The van der Waals surface area contributed by atoms with Gasteiger partial charge in [-0.25, -0.2) is 0 Å². The molecule has 0 radical (unpaired) electrons. The number of nitrogens with zero attached hydrogens (tertiary/aromatic N) is 2. The van der Waals surface area contributed by atoms with E-state index in [9.17, 15) is 4.79 Å². The van der Waals surface area contributed by atoms with Crippen LogP contribution in [0, 0.1) is 5.92 Å². The van der Waals surface area contributed by atoms with E-state index in [1.807, 2.05) is 44.4 Å². The first-order valence-corrected chi connectivity index (χ1v) is 7.79. The van der Waals surface area contributed by atoms with E-state index >= 15 is 0 Å². The minimum atomic E-state index is -0.0999. The maximum atomic E-state index is 12.7. The molecule has 0 aliphatic heterocycles. The second kappa shape index (κ2) is 7.24. The van der Waals surface area contributed by atoms with Crippen LogP contribution in [0.2, 0.25) is 0 Å². The first-order valence-electron chi connectivity index (χ1n) is 6.55. The fraction of sp³-hybridized carbons (Fsp3) is 0.533. The van der Waals surface area contributed by atoms with E-state index in [0.29, 0.717) is 4.05 Å². The lowest BCUT2D eigenvalue weighted by atomic mass is 10.0. The van der Waals surface area contributed by atoms with Gasteiger partial charge in [0.25, 0.3) is 0 Å². The number of hydrogen-bond donors (Lipinski definition) is 0. The highest BCUT2D eigenvalue weighted by molar-refractivity contribution is 14.1. The Morgan fingerprint density at radius 3 is 2.05 bits per heavy atom. The van der Waals surface area contributed by atoms with Crippen LogP contribution < -0.4 is 4.90 Å². The molecule has 0 saturated carbocycles. The fourth-order valence-corrected chi connectivity index (χ4v) is 2.47. The molecular weight excluding hydrogens is 351 g/mol. The third-order valence-corrected chi connectivity index (χ3v) is 4.24. The van der Waals surface area contributed by atoms with Gasteiger partial charge in [-0.2, -0.15) is 0 Å². The summed E-state index contributed by atoms with van der Waals surface area (Å²) >= 11 is 2.34. The fourth-order valence-electron chi connectivity index (χ4n) is 2.13. The number of carbonyl (C=O) groups is 1. The number of carbonyl (C=O) groups excluding carboxylic acids is 1. The Labute approximate surface area is 130 Å². The second-order valence-electron chi connectivity index (χ2n) is 5.16. The maximum absolute atomic E-state index is 12.7. The number of hydrogen-bond acceptors (Lipinski definition) is 2. The minimum absolute atomic E-state index is 0.0999. The summed E-state index contributed by atoms with van der Waals surface area (Å²) < 4.78 is 0.318. The predicted octanol–water partition coefficient (Wildman–Crippen LogP) is 3.39. The molecular formula is C15H23IN2O. The first-order chi connectivity index (χ1) is 8.86. The van der Waals surface area contributed by atoms with Gasteiger partial charge in [-0.3, -0.25) is 9.69 Å². The summed E-state index contributed by atoms with van der Waals surface area (Å²) in [6, 6.07) is 9.69. The Balaban J connectivity index is 2.95. The molecule has 0 spiro atoms. The van der Waals surface area contributed by atoms with Crippen molar-refractivity contribution in [2.24, 2.45) is 5.92 Å². The van der Waals surface area contributed by atoms with Crippen molar-refractivity contribution in [3.63, 3.8) is 0 Å². The Kier molecular flexibility index (Phi) is 6.26. The van der Waals surface area contributed by atoms with Gasteiger partial charge < -0.3 is 4.90 Å². The van der Waals surface area contributed by atoms with Crippen LogP contribution in [-0.2, 0) is 4.79 Å². The molecule has 1 amide bonds. The van der Waals surface area contributed by atoms with Crippen LogP contribution >= 0.6 is 22.6 Å². The number of benzene rings is 1. The van der Waals surface area contributed by atoms with Crippen molar-refractivity contribution in [1.82, 2.24) is 4.90 Å². The molecule has 2 atom stereocenters. The van der Waals surface area contributed by atoms with E-state index in [4.69, 9.17) is 0 Å². The zero-order valence-electron chi connectivity index (χ0n) is 12.3. The van der Waals surface area contributed by atoms with Crippen LogP contribution in [-0.4, -0.2) is 35.0 Å². The standard InChI is InChI=1S/C15H23IN2O/c1-11(2)14(17(4)12(3)16)15(19)18(5)13-9-7-6-8-10-13/h6-12,14H,1-5H3/t12-,14?/m0/s1. The van der Waals surface area contributed by atoms with Crippen molar-refractivity contribution < 1.29 is 4.79 Å². The van der Waals surface area contributed by atoms with Crippen molar-refractivity contribution in [1.29, 1.82) is 0 Å².